The number of rotatable bonds is 1. The molecule has 0 aromatic carbocycles. The highest BCUT2D eigenvalue weighted by molar-refractivity contribution is 5.98. The first kappa shape index (κ1) is 8.21. The van der Waals surface area contributed by atoms with Gasteiger partial charge in [-0.1, -0.05) is 25.5 Å². The van der Waals surface area contributed by atoms with Crippen LogP contribution < -0.4 is 0 Å². The van der Waals surface area contributed by atoms with Gasteiger partial charge in [-0.05, 0) is 17.8 Å². The molecule has 0 unspecified atom stereocenters. The topological polar surface area (TPSA) is 43.4 Å². The van der Waals surface area contributed by atoms with E-state index in [4.69, 9.17) is 0 Å². The van der Waals surface area contributed by atoms with Crippen LogP contribution in [0.4, 0.5) is 0 Å². The minimum atomic E-state index is -0.296. The van der Waals surface area contributed by atoms with Gasteiger partial charge in [0.1, 0.15) is 0 Å². The van der Waals surface area contributed by atoms with Crippen molar-refractivity contribution in [1.82, 2.24) is 0 Å². The largest absolute Gasteiger partial charge is 0.393 e. The molecule has 3 rings (SSSR count). The Morgan fingerprint density at radius 3 is 2.07 bits per heavy atom. The molecule has 1 heterocycles. The second kappa shape index (κ2) is 2.47. The summed E-state index contributed by atoms with van der Waals surface area (Å²) in [5, 5.41) is 0. The third-order valence-electron chi connectivity index (χ3n) is 3.98. The lowest BCUT2D eigenvalue weighted by atomic mass is 9.85. The maximum atomic E-state index is 11.4. The fourth-order valence-electron chi connectivity index (χ4n) is 3.44. The third-order valence-corrected chi connectivity index (χ3v) is 3.98. The Kier molecular flexibility index (Phi) is 1.45. The number of ether oxygens (including phenoxy) is 1. The molecule has 0 aromatic heterocycles. The average Bonchev–Trinajstić information content (AvgIpc) is 2.77. The predicted molar refractivity (Wildman–Crippen MR) is 48.0 cm³/mol. The molecule has 2 fully saturated rings. The summed E-state index contributed by atoms with van der Waals surface area (Å²) >= 11 is 0. The van der Waals surface area contributed by atoms with Crippen LogP contribution in [-0.2, 0) is 14.3 Å². The van der Waals surface area contributed by atoms with Crippen molar-refractivity contribution in [2.24, 2.45) is 29.6 Å². The zero-order valence-corrected chi connectivity index (χ0v) is 7.97. The number of fused-ring (bicyclic) bond motifs is 5. The lowest BCUT2D eigenvalue weighted by Gasteiger charge is -2.14. The summed E-state index contributed by atoms with van der Waals surface area (Å²) in [7, 11) is 0. The zero-order valence-electron chi connectivity index (χ0n) is 7.97. The standard InChI is InChI=1S/C11H12O3/c1-2-5-6-3-4-7(5)9-8(6)10(12)14-11(9)13/h3-9H,2H2,1H3/t6-,7-,8-,9-/m1/s1. The van der Waals surface area contributed by atoms with Gasteiger partial charge in [0.2, 0.25) is 0 Å². The van der Waals surface area contributed by atoms with Gasteiger partial charge in [0.25, 0.3) is 0 Å². The lowest BCUT2D eigenvalue weighted by molar-refractivity contribution is -0.155. The molecule has 0 amide bonds. The van der Waals surface area contributed by atoms with Crippen molar-refractivity contribution < 1.29 is 14.3 Å². The van der Waals surface area contributed by atoms with Gasteiger partial charge in [0, 0.05) is 0 Å². The van der Waals surface area contributed by atoms with Crippen molar-refractivity contribution in [3.63, 3.8) is 0 Å². The molecule has 3 heteroatoms. The van der Waals surface area contributed by atoms with Gasteiger partial charge in [-0.3, -0.25) is 9.59 Å². The second-order valence-corrected chi connectivity index (χ2v) is 4.40. The summed E-state index contributed by atoms with van der Waals surface area (Å²) in [6, 6.07) is 0. The Morgan fingerprint density at radius 1 is 1.14 bits per heavy atom. The number of cyclic esters (lactones) is 2. The molecule has 14 heavy (non-hydrogen) atoms. The molecule has 0 aromatic rings. The first-order chi connectivity index (χ1) is 6.74. The van der Waals surface area contributed by atoms with Gasteiger partial charge in [-0.25, -0.2) is 0 Å². The summed E-state index contributed by atoms with van der Waals surface area (Å²) in [6.45, 7) is 2.12. The zero-order chi connectivity index (χ0) is 9.87. The highest BCUT2D eigenvalue weighted by atomic mass is 16.6. The van der Waals surface area contributed by atoms with Crippen LogP contribution in [0.2, 0.25) is 0 Å². The highest BCUT2D eigenvalue weighted by Crippen LogP contribution is 2.56. The fourth-order valence-corrected chi connectivity index (χ4v) is 3.44. The van der Waals surface area contributed by atoms with Crippen molar-refractivity contribution in [3.05, 3.63) is 12.2 Å². The van der Waals surface area contributed by atoms with Crippen molar-refractivity contribution in [2.45, 2.75) is 13.3 Å². The van der Waals surface area contributed by atoms with Crippen LogP contribution in [0.5, 0.6) is 0 Å². The van der Waals surface area contributed by atoms with Crippen LogP contribution in [0.25, 0.3) is 0 Å². The molecule has 0 spiro atoms. The molecule has 74 valence electrons. The summed E-state index contributed by atoms with van der Waals surface area (Å²) in [5.41, 5.74) is 0. The number of hydrogen-bond donors (Lipinski definition) is 0. The molecule has 1 saturated carbocycles. The summed E-state index contributed by atoms with van der Waals surface area (Å²) in [5.74, 6) is 0.0835. The van der Waals surface area contributed by atoms with E-state index in [0.29, 0.717) is 5.92 Å². The van der Waals surface area contributed by atoms with Gasteiger partial charge < -0.3 is 4.74 Å². The quantitative estimate of drug-likeness (QED) is 0.355. The molecular formula is C11H12O3. The van der Waals surface area contributed by atoms with E-state index in [1.165, 1.54) is 0 Å². The minimum Gasteiger partial charge on any atom is -0.393 e. The molecule has 2 aliphatic carbocycles. The molecule has 2 bridgehead atoms. The molecule has 3 nitrogen and oxygen atoms in total. The van der Waals surface area contributed by atoms with Crippen LogP contribution in [0.3, 0.4) is 0 Å². The maximum Gasteiger partial charge on any atom is 0.318 e. The van der Waals surface area contributed by atoms with Crippen LogP contribution in [0.1, 0.15) is 13.3 Å². The van der Waals surface area contributed by atoms with E-state index >= 15 is 0 Å². The Hall–Kier alpha value is -1.12. The molecular weight excluding hydrogens is 180 g/mol. The third kappa shape index (κ3) is 0.740. The second-order valence-electron chi connectivity index (χ2n) is 4.40. The first-order valence-corrected chi connectivity index (χ1v) is 5.18. The van der Waals surface area contributed by atoms with Gasteiger partial charge in [-0.15, -0.1) is 0 Å². The van der Waals surface area contributed by atoms with E-state index in [2.05, 4.69) is 23.8 Å². The van der Waals surface area contributed by atoms with Crippen LogP contribution in [-0.4, -0.2) is 11.9 Å². The van der Waals surface area contributed by atoms with Gasteiger partial charge >= 0.3 is 11.9 Å². The van der Waals surface area contributed by atoms with E-state index in [0.717, 1.165) is 6.42 Å². The van der Waals surface area contributed by atoms with Crippen molar-refractivity contribution in [2.75, 3.05) is 0 Å². The molecule has 1 saturated heterocycles. The summed E-state index contributed by atoms with van der Waals surface area (Å²) in [4.78, 5) is 22.9. The molecule has 3 aliphatic rings. The maximum absolute atomic E-state index is 11.4. The summed E-state index contributed by atoms with van der Waals surface area (Å²) in [6.07, 6.45) is 5.23. The van der Waals surface area contributed by atoms with E-state index in [9.17, 15) is 9.59 Å². The Bertz CT molecular complexity index is 314. The summed E-state index contributed by atoms with van der Waals surface area (Å²) < 4.78 is 4.68. The molecule has 1 aliphatic heterocycles. The number of esters is 2. The van der Waals surface area contributed by atoms with Gasteiger partial charge in [-0.2, -0.15) is 0 Å². The monoisotopic (exact) mass is 192 g/mol. The van der Waals surface area contributed by atoms with E-state index in [1.54, 1.807) is 0 Å². The Morgan fingerprint density at radius 2 is 1.64 bits per heavy atom. The smallest absolute Gasteiger partial charge is 0.318 e. The van der Waals surface area contributed by atoms with Gasteiger partial charge in [0.15, 0.2) is 0 Å². The SMILES string of the molecule is CCC1[C@H]2C=C[C@H]1[C@H]1C(=O)OC(=O)[C@@H]12. The van der Waals surface area contributed by atoms with Gasteiger partial charge in [0.05, 0.1) is 11.8 Å². The van der Waals surface area contributed by atoms with Crippen molar-refractivity contribution >= 4 is 11.9 Å². The van der Waals surface area contributed by atoms with E-state index < -0.39 is 0 Å². The molecule has 4 atom stereocenters. The Balaban J connectivity index is 2.03. The number of carbonyl (C=O) groups excluding carboxylic acids is 2. The van der Waals surface area contributed by atoms with Crippen LogP contribution >= 0.6 is 0 Å². The van der Waals surface area contributed by atoms with Crippen LogP contribution in [0, 0.1) is 29.6 Å². The first-order valence-electron chi connectivity index (χ1n) is 5.18. The van der Waals surface area contributed by atoms with Crippen LogP contribution in [0.15, 0.2) is 12.2 Å². The number of hydrogen-bond acceptors (Lipinski definition) is 3. The lowest BCUT2D eigenvalue weighted by Crippen LogP contribution is -2.21. The fraction of sp³-hybridized carbons (Fsp3) is 0.636. The van der Waals surface area contributed by atoms with Crippen molar-refractivity contribution in [3.8, 4) is 0 Å². The van der Waals surface area contributed by atoms with Crippen molar-refractivity contribution in [1.29, 1.82) is 0 Å². The molecule has 0 radical (unpaired) electrons. The molecule has 0 N–H and O–H groups in total. The highest BCUT2D eigenvalue weighted by Gasteiger charge is 2.61. The average molecular weight is 192 g/mol. The normalized spacial score (nSPS) is 48.5. The number of allylic oxidation sites excluding steroid dienone is 2. The minimum absolute atomic E-state index is 0.164. The number of carbonyl (C=O) groups is 2. The van der Waals surface area contributed by atoms with E-state index in [1.807, 2.05) is 0 Å². The Labute approximate surface area is 82.1 Å². The van der Waals surface area contributed by atoms with E-state index in [-0.39, 0.29) is 35.6 Å². The predicted octanol–water partition coefficient (Wildman–Crippen LogP) is 1.14.